The van der Waals surface area contributed by atoms with Gasteiger partial charge < -0.3 is 20.3 Å². The minimum atomic E-state index is 0. The molecule has 3 rings (SSSR count). The van der Waals surface area contributed by atoms with Crippen molar-refractivity contribution in [1.82, 2.24) is 15.5 Å². The molecule has 0 saturated carbocycles. The van der Waals surface area contributed by atoms with Crippen molar-refractivity contribution in [2.75, 3.05) is 46.4 Å². The number of likely N-dealkylation sites (tertiary alicyclic amines) is 1. The van der Waals surface area contributed by atoms with Crippen LogP contribution in [0.5, 0.6) is 5.75 Å². The number of rotatable bonds is 8. The van der Waals surface area contributed by atoms with Crippen molar-refractivity contribution in [1.29, 1.82) is 0 Å². The highest BCUT2D eigenvalue weighted by Crippen LogP contribution is 2.25. The summed E-state index contributed by atoms with van der Waals surface area (Å²) < 4.78 is 5.57. The monoisotopic (exact) mass is 500 g/mol. The lowest BCUT2D eigenvalue weighted by atomic mass is 10.0. The molecule has 0 aliphatic carbocycles. The zero-order chi connectivity index (χ0) is 18.9. The van der Waals surface area contributed by atoms with E-state index in [1.165, 1.54) is 56.4 Å². The number of guanidine groups is 1. The zero-order valence-corrected chi connectivity index (χ0v) is 19.8. The normalized spacial score (nSPS) is 19.5. The average Bonchev–Trinajstić information content (AvgIpc) is 3.14. The molecule has 2 heterocycles. The minimum absolute atomic E-state index is 0. The van der Waals surface area contributed by atoms with Gasteiger partial charge in [0.25, 0.3) is 0 Å². The Kier molecular flexibility index (Phi) is 10.4. The molecule has 1 aromatic carbocycles. The molecule has 1 atom stereocenters. The third-order valence-electron chi connectivity index (χ3n) is 5.62. The Balaban J connectivity index is 0.00000280. The van der Waals surface area contributed by atoms with Crippen molar-refractivity contribution in [3.8, 4) is 5.75 Å². The number of hydrogen-bond donors (Lipinski definition) is 2. The van der Waals surface area contributed by atoms with E-state index in [1.807, 2.05) is 7.05 Å². The fourth-order valence-electron chi connectivity index (χ4n) is 4.10. The summed E-state index contributed by atoms with van der Waals surface area (Å²) in [6.45, 7) is 8.88. The van der Waals surface area contributed by atoms with Crippen molar-refractivity contribution in [2.24, 2.45) is 10.9 Å². The van der Waals surface area contributed by atoms with Gasteiger partial charge in [-0.1, -0.05) is 19.1 Å². The first-order valence-electron chi connectivity index (χ1n) is 10.7. The van der Waals surface area contributed by atoms with Gasteiger partial charge in [-0.15, -0.1) is 24.0 Å². The first-order chi connectivity index (χ1) is 13.2. The van der Waals surface area contributed by atoms with E-state index in [4.69, 9.17) is 4.74 Å². The lowest BCUT2D eigenvalue weighted by Crippen LogP contribution is -2.39. The first kappa shape index (κ1) is 23.3. The highest BCUT2D eigenvalue weighted by atomic mass is 127. The van der Waals surface area contributed by atoms with E-state index in [9.17, 15) is 0 Å². The molecule has 0 spiro atoms. The van der Waals surface area contributed by atoms with Gasteiger partial charge >= 0.3 is 0 Å². The summed E-state index contributed by atoms with van der Waals surface area (Å²) in [5.41, 5.74) is 2.70. The number of ether oxygens (including phenoxy) is 1. The van der Waals surface area contributed by atoms with Crippen molar-refractivity contribution in [3.63, 3.8) is 0 Å². The molecule has 2 aliphatic rings. The van der Waals surface area contributed by atoms with Crippen LogP contribution < -0.4 is 15.4 Å². The number of fused-ring (bicyclic) bond motifs is 1. The second-order valence-corrected chi connectivity index (χ2v) is 7.97. The maximum Gasteiger partial charge on any atom is 0.190 e. The molecule has 1 fully saturated rings. The molecule has 1 aromatic rings. The summed E-state index contributed by atoms with van der Waals surface area (Å²) in [7, 11) is 1.84. The third-order valence-corrected chi connectivity index (χ3v) is 5.62. The van der Waals surface area contributed by atoms with Crippen LogP contribution in [0, 0.1) is 5.92 Å². The van der Waals surface area contributed by atoms with Gasteiger partial charge in [0.15, 0.2) is 5.96 Å². The number of nitrogens with zero attached hydrogens (tertiary/aromatic N) is 2. The number of hydrogen-bond acceptors (Lipinski definition) is 3. The maximum absolute atomic E-state index is 5.57. The predicted octanol–water partition coefficient (Wildman–Crippen LogP) is 3.46. The van der Waals surface area contributed by atoms with E-state index in [-0.39, 0.29) is 24.0 Å². The Morgan fingerprint density at radius 2 is 2.11 bits per heavy atom. The molecule has 1 unspecified atom stereocenters. The molecule has 1 saturated heterocycles. The Hall–Kier alpha value is -1.02. The minimum Gasteiger partial charge on any atom is -0.493 e. The molecule has 0 aromatic heterocycles. The van der Waals surface area contributed by atoms with Crippen molar-refractivity contribution in [3.05, 3.63) is 29.3 Å². The van der Waals surface area contributed by atoms with Gasteiger partial charge in [-0.2, -0.15) is 0 Å². The van der Waals surface area contributed by atoms with Crippen molar-refractivity contribution >= 4 is 29.9 Å². The first-order valence-corrected chi connectivity index (χ1v) is 10.7. The highest BCUT2D eigenvalue weighted by Gasteiger charge is 2.15. The Bertz CT molecular complexity index is 623. The van der Waals surface area contributed by atoms with E-state index < -0.39 is 0 Å². The van der Waals surface area contributed by atoms with E-state index in [0.29, 0.717) is 0 Å². The Morgan fingerprint density at radius 3 is 2.93 bits per heavy atom. The molecule has 6 heteroatoms. The smallest absolute Gasteiger partial charge is 0.190 e. The van der Waals surface area contributed by atoms with Crippen LogP contribution >= 0.6 is 24.0 Å². The van der Waals surface area contributed by atoms with Crippen LogP contribution in [0.2, 0.25) is 0 Å². The highest BCUT2D eigenvalue weighted by molar-refractivity contribution is 14.0. The SMILES string of the molecule is CN=C(NCCCCN1CCCC(C)C1)NCCc1ccc2c(c1)CCO2.I. The summed E-state index contributed by atoms with van der Waals surface area (Å²) in [5, 5.41) is 6.87. The van der Waals surface area contributed by atoms with Crippen LogP contribution in [0.3, 0.4) is 0 Å². The predicted molar refractivity (Wildman–Crippen MR) is 128 cm³/mol. The van der Waals surface area contributed by atoms with Gasteiger partial charge in [0.2, 0.25) is 0 Å². The van der Waals surface area contributed by atoms with Crippen LogP contribution in [0.15, 0.2) is 23.2 Å². The van der Waals surface area contributed by atoms with Gasteiger partial charge in [0, 0.05) is 33.1 Å². The molecule has 5 nitrogen and oxygen atoms in total. The molecule has 2 N–H and O–H groups in total. The summed E-state index contributed by atoms with van der Waals surface area (Å²) in [6, 6.07) is 6.55. The van der Waals surface area contributed by atoms with Crippen LogP contribution in [0.25, 0.3) is 0 Å². The second-order valence-electron chi connectivity index (χ2n) is 7.97. The largest absolute Gasteiger partial charge is 0.493 e. The lowest BCUT2D eigenvalue weighted by Gasteiger charge is -2.30. The van der Waals surface area contributed by atoms with E-state index >= 15 is 0 Å². The molecule has 0 bridgehead atoms. The van der Waals surface area contributed by atoms with Crippen molar-refractivity contribution < 1.29 is 4.74 Å². The van der Waals surface area contributed by atoms with E-state index in [0.717, 1.165) is 50.2 Å². The number of unbranched alkanes of at least 4 members (excludes halogenated alkanes) is 1. The Morgan fingerprint density at radius 1 is 1.25 bits per heavy atom. The fraction of sp³-hybridized carbons (Fsp3) is 0.682. The van der Waals surface area contributed by atoms with Crippen LogP contribution in [0.1, 0.15) is 43.7 Å². The van der Waals surface area contributed by atoms with Crippen LogP contribution in [-0.4, -0.2) is 57.2 Å². The molecular formula is C22H37IN4O. The molecule has 0 amide bonds. The quantitative estimate of drug-likeness (QED) is 0.249. The summed E-state index contributed by atoms with van der Waals surface area (Å²) in [6.07, 6.45) is 7.26. The maximum atomic E-state index is 5.57. The number of aliphatic imine (C=N–C) groups is 1. The topological polar surface area (TPSA) is 48.9 Å². The lowest BCUT2D eigenvalue weighted by molar-refractivity contribution is 0.181. The summed E-state index contributed by atoms with van der Waals surface area (Å²) in [5.74, 6) is 2.84. The van der Waals surface area contributed by atoms with Gasteiger partial charge in [-0.05, 0) is 68.3 Å². The average molecular weight is 500 g/mol. The number of nitrogens with one attached hydrogen (secondary N) is 2. The van der Waals surface area contributed by atoms with Crippen molar-refractivity contribution in [2.45, 2.75) is 45.4 Å². The van der Waals surface area contributed by atoms with Gasteiger partial charge in [-0.25, -0.2) is 0 Å². The van der Waals surface area contributed by atoms with Crippen LogP contribution in [0.4, 0.5) is 0 Å². The third kappa shape index (κ3) is 7.43. The molecule has 28 heavy (non-hydrogen) atoms. The van der Waals surface area contributed by atoms with Gasteiger partial charge in [-0.3, -0.25) is 4.99 Å². The standard InChI is InChI=1S/C22H36N4O.HI/c1-18-6-5-14-26(17-18)13-4-3-11-24-22(23-2)25-12-9-19-7-8-21-20(16-19)10-15-27-21;/h7-8,16,18H,3-6,9-15,17H2,1-2H3,(H2,23,24,25);1H. The van der Waals surface area contributed by atoms with E-state index in [2.05, 4.69) is 45.6 Å². The summed E-state index contributed by atoms with van der Waals surface area (Å²) >= 11 is 0. The van der Waals surface area contributed by atoms with E-state index in [1.54, 1.807) is 0 Å². The summed E-state index contributed by atoms with van der Waals surface area (Å²) in [4.78, 5) is 6.97. The van der Waals surface area contributed by atoms with Gasteiger partial charge in [0.1, 0.15) is 5.75 Å². The molecular weight excluding hydrogens is 463 g/mol. The molecule has 2 aliphatic heterocycles. The molecule has 0 radical (unpaired) electrons. The number of benzene rings is 1. The number of halogens is 1. The van der Waals surface area contributed by atoms with Gasteiger partial charge in [0.05, 0.1) is 6.61 Å². The zero-order valence-electron chi connectivity index (χ0n) is 17.5. The molecule has 158 valence electrons. The van der Waals surface area contributed by atoms with Crippen LogP contribution in [-0.2, 0) is 12.8 Å². The Labute approximate surface area is 187 Å². The fourth-order valence-corrected chi connectivity index (χ4v) is 4.10. The second kappa shape index (κ2) is 12.5. The number of piperidine rings is 1.